The van der Waals surface area contributed by atoms with Crippen LogP contribution < -0.4 is 20.3 Å². The minimum absolute atomic E-state index is 0.0256. The van der Waals surface area contributed by atoms with Crippen LogP contribution in [0.2, 0.25) is 0 Å². The van der Waals surface area contributed by atoms with Gasteiger partial charge in [0.2, 0.25) is 5.91 Å². The number of alkyl halides is 3. The maximum Gasteiger partial charge on any atom is 0.419 e. The monoisotopic (exact) mass is 618 g/mol. The van der Waals surface area contributed by atoms with Gasteiger partial charge < -0.3 is 25.0 Å². The quantitative estimate of drug-likeness (QED) is 0.349. The highest BCUT2D eigenvalue weighted by Crippen LogP contribution is 2.49. The number of halogens is 4. The summed E-state index contributed by atoms with van der Waals surface area (Å²) in [6, 6.07) is 5.93. The van der Waals surface area contributed by atoms with E-state index in [9.17, 15) is 27.2 Å². The van der Waals surface area contributed by atoms with E-state index in [0.29, 0.717) is 46.9 Å². The number of aromatic nitrogens is 1. The number of nitrogens with one attached hydrogen (secondary N) is 2. The van der Waals surface area contributed by atoms with Gasteiger partial charge >= 0.3 is 6.18 Å². The number of carbonyl (C=O) groups is 2. The number of hydrogen-bond donors (Lipinski definition) is 2. The second-order valence-corrected chi connectivity index (χ2v) is 12.8. The van der Waals surface area contributed by atoms with Crippen molar-refractivity contribution in [2.24, 2.45) is 17.8 Å². The number of nitrogens with zero attached hydrogens (tertiary/aromatic N) is 2. The summed E-state index contributed by atoms with van der Waals surface area (Å²) in [6.07, 6.45) is -0.496. The van der Waals surface area contributed by atoms with Crippen LogP contribution in [0.3, 0.4) is 0 Å². The van der Waals surface area contributed by atoms with Gasteiger partial charge in [0.1, 0.15) is 17.1 Å². The van der Waals surface area contributed by atoms with E-state index >= 15 is 0 Å². The maximum absolute atomic E-state index is 14.0. The highest BCUT2D eigenvalue weighted by atomic mass is 32.1. The third-order valence-corrected chi connectivity index (χ3v) is 10.6. The Morgan fingerprint density at radius 1 is 1.07 bits per heavy atom. The van der Waals surface area contributed by atoms with Gasteiger partial charge in [-0.3, -0.25) is 9.59 Å². The molecular formula is C30H30F4N4O4S. The third kappa shape index (κ3) is 4.90. The van der Waals surface area contributed by atoms with Crippen molar-refractivity contribution in [1.82, 2.24) is 10.3 Å². The normalized spacial score (nSPS) is 28.0. The molecule has 3 heterocycles. The third-order valence-electron chi connectivity index (χ3n) is 9.47. The average molecular weight is 619 g/mol. The van der Waals surface area contributed by atoms with Gasteiger partial charge in [0.25, 0.3) is 5.91 Å². The molecule has 0 radical (unpaired) electrons. The van der Waals surface area contributed by atoms with Crippen LogP contribution in [0.1, 0.15) is 48.0 Å². The zero-order valence-corrected chi connectivity index (χ0v) is 24.1. The van der Waals surface area contributed by atoms with E-state index < -0.39 is 35.4 Å². The van der Waals surface area contributed by atoms with E-state index in [0.717, 1.165) is 43.3 Å². The smallest absolute Gasteiger partial charge is 0.419 e. The Morgan fingerprint density at radius 2 is 1.81 bits per heavy atom. The van der Waals surface area contributed by atoms with Crippen molar-refractivity contribution < 1.29 is 36.6 Å². The molecule has 2 aliphatic heterocycles. The molecule has 1 aromatic heterocycles. The van der Waals surface area contributed by atoms with Crippen molar-refractivity contribution in [3.63, 3.8) is 0 Å². The first kappa shape index (κ1) is 28.3. The van der Waals surface area contributed by atoms with Gasteiger partial charge in [-0.15, -0.1) is 0 Å². The largest absolute Gasteiger partial charge is 0.496 e. The van der Waals surface area contributed by atoms with Crippen LogP contribution in [0.4, 0.5) is 28.4 Å². The number of thiazole rings is 1. The van der Waals surface area contributed by atoms with Crippen LogP contribution >= 0.6 is 11.3 Å². The molecule has 43 heavy (non-hydrogen) atoms. The lowest BCUT2D eigenvalue weighted by Crippen LogP contribution is -2.48. The first-order valence-corrected chi connectivity index (χ1v) is 15.3. The van der Waals surface area contributed by atoms with E-state index in [4.69, 9.17) is 14.5 Å². The van der Waals surface area contributed by atoms with Gasteiger partial charge in [-0.25, -0.2) is 9.37 Å². The van der Waals surface area contributed by atoms with Gasteiger partial charge in [-0.2, -0.15) is 13.2 Å². The van der Waals surface area contributed by atoms with Crippen molar-refractivity contribution >= 4 is 44.2 Å². The van der Waals surface area contributed by atoms with Gasteiger partial charge in [0, 0.05) is 11.7 Å². The van der Waals surface area contributed by atoms with E-state index in [1.807, 2.05) is 6.07 Å². The number of anilines is 2. The molecule has 8 nitrogen and oxygen atoms in total. The molecule has 228 valence electrons. The molecule has 4 aliphatic rings. The van der Waals surface area contributed by atoms with Crippen molar-refractivity contribution in [3.05, 3.63) is 47.3 Å². The minimum Gasteiger partial charge on any atom is -0.496 e. The van der Waals surface area contributed by atoms with Gasteiger partial charge in [-0.1, -0.05) is 11.3 Å². The Balaban J connectivity index is 1.16. The number of hydrogen-bond acceptors (Lipinski definition) is 7. The molecule has 0 spiro atoms. The molecule has 13 heteroatoms. The number of morpholine rings is 1. The first-order valence-electron chi connectivity index (χ1n) is 14.4. The summed E-state index contributed by atoms with van der Waals surface area (Å²) >= 11 is 1.44. The molecule has 2 aliphatic carbocycles. The topological polar surface area (TPSA) is 92.8 Å². The predicted molar refractivity (Wildman–Crippen MR) is 152 cm³/mol. The van der Waals surface area contributed by atoms with Crippen molar-refractivity contribution in [3.8, 4) is 5.75 Å². The lowest BCUT2D eigenvalue weighted by Gasteiger charge is -2.34. The summed E-state index contributed by atoms with van der Waals surface area (Å²) in [7, 11) is 1.49. The van der Waals surface area contributed by atoms with Crippen LogP contribution in [0.25, 0.3) is 10.2 Å². The molecule has 4 fully saturated rings. The van der Waals surface area contributed by atoms with Crippen LogP contribution in [0.15, 0.2) is 30.3 Å². The van der Waals surface area contributed by atoms with E-state index in [2.05, 4.69) is 15.5 Å². The van der Waals surface area contributed by atoms with Gasteiger partial charge in [-0.05, 0) is 74.3 Å². The predicted octanol–water partition coefficient (Wildman–Crippen LogP) is 5.61. The molecule has 7 rings (SSSR count). The molecule has 2 saturated carbocycles. The van der Waals surface area contributed by atoms with Gasteiger partial charge in [0.15, 0.2) is 5.13 Å². The summed E-state index contributed by atoms with van der Waals surface area (Å²) in [5.74, 6) is -2.53. The molecule has 2 amide bonds. The van der Waals surface area contributed by atoms with Crippen LogP contribution in [0, 0.1) is 23.6 Å². The van der Waals surface area contributed by atoms with E-state index in [-0.39, 0.29) is 35.5 Å². The summed E-state index contributed by atoms with van der Waals surface area (Å²) < 4.78 is 65.6. The Morgan fingerprint density at radius 3 is 2.53 bits per heavy atom. The number of ether oxygens (including phenoxy) is 2. The Hall–Kier alpha value is -3.45. The van der Waals surface area contributed by atoms with Crippen molar-refractivity contribution in [2.75, 3.05) is 30.5 Å². The summed E-state index contributed by atoms with van der Waals surface area (Å²) in [5, 5.41) is 6.49. The molecule has 2 N–H and O–H groups in total. The molecule has 6 atom stereocenters. The number of fused-ring (bicyclic) bond motifs is 5. The van der Waals surface area contributed by atoms with E-state index in [1.54, 1.807) is 6.07 Å². The summed E-state index contributed by atoms with van der Waals surface area (Å²) in [5.41, 5.74) is -0.569. The number of amides is 2. The first-order chi connectivity index (χ1) is 20.6. The lowest BCUT2D eigenvalue weighted by molar-refractivity contribution is -0.140. The second kappa shape index (κ2) is 10.6. The fourth-order valence-electron chi connectivity index (χ4n) is 7.54. The average Bonchev–Trinajstić information content (AvgIpc) is 3.74. The fraction of sp³-hybridized carbons (Fsp3) is 0.500. The minimum atomic E-state index is -4.90. The van der Waals surface area contributed by atoms with Crippen molar-refractivity contribution in [2.45, 2.75) is 56.4 Å². The SMILES string of the molecule is COc1ccc2nc(N3C4CCC3COC4)sc2c1C(=O)N[C@@H]1[C@H]2CC[C@H](C2)[C@@H]1C(=O)Nc1ccc(F)c(C(F)(F)F)c1. The lowest BCUT2D eigenvalue weighted by atomic mass is 9.83. The summed E-state index contributed by atoms with van der Waals surface area (Å²) in [4.78, 5) is 34.6. The Kier molecular flexibility index (Phi) is 6.99. The van der Waals surface area contributed by atoms with Crippen LogP contribution in [-0.4, -0.2) is 55.2 Å². The number of benzene rings is 2. The molecule has 2 aromatic carbocycles. The molecule has 3 aromatic rings. The Bertz CT molecular complexity index is 1580. The molecule has 2 unspecified atom stereocenters. The zero-order valence-electron chi connectivity index (χ0n) is 23.2. The molecule has 2 saturated heterocycles. The Labute approximate surface area is 248 Å². The highest BCUT2D eigenvalue weighted by molar-refractivity contribution is 7.22. The second-order valence-electron chi connectivity index (χ2n) is 11.9. The zero-order chi connectivity index (χ0) is 30.0. The maximum atomic E-state index is 14.0. The highest BCUT2D eigenvalue weighted by Gasteiger charge is 2.52. The van der Waals surface area contributed by atoms with Gasteiger partial charge in [0.05, 0.1) is 54.1 Å². The van der Waals surface area contributed by atoms with Crippen LogP contribution in [-0.2, 0) is 15.7 Å². The molecular weight excluding hydrogens is 588 g/mol. The number of rotatable bonds is 6. The van der Waals surface area contributed by atoms with Crippen LogP contribution in [0.5, 0.6) is 5.75 Å². The number of methoxy groups -OCH3 is 1. The summed E-state index contributed by atoms with van der Waals surface area (Å²) in [6.45, 7) is 1.29. The molecule has 4 bridgehead atoms. The van der Waals surface area contributed by atoms with Crippen molar-refractivity contribution in [1.29, 1.82) is 0 Å². The standard InChI is InChI=1S/C30H30F4N4O4S/c1-41-22-9-8-21-26(43-29(36-21)38-17-5-6-18(38)13-42-12-17)24(22)28(40)37-25-15-3-2-14(10-15)23(25)27(39)35-16-4-7-20(31)19(11-16)30(32,33)34/h4,7-9,11,14-15,17-18,23,25H,2-3,5-6,10,12-13H2,1H3,(H,35,39)(H,37,40)/t14-,15+,17?,18?,23+,25-/m1/s1. The fourth-order valence-corrected chi connectivity index (χ4v) is 8.79. The van der Waals surface area contributed by atoms with E-state index in [1.165, 1.54) is 18.4 Å². The number of carbonyl (C=O) groups excluding carboxylic acids is 2.